The van der Waals surface area contributed by atoms with Crippen LogP contribution in [-0.4, -0.2) is 39.9 Å². The van der Waals surface area contributed by atoms with Crippen LogP contribution in [0.25, 0.3) is 0 Å². The van der Waals surface area contributed by atoms with Gasteiger partial charge in [-0.05, 0) is 26.3 Å². The number of nitrogens with zero attached hydrogens (tertiary/aromatic N) is 1. The monoisotopic (exact) mass is 220 g/mol. The lowest BCUT2D eigenvalue weighted by Gasteiger charge is -2.24. The molecule has 86 valence electrons. The average Bonchev–Trinajstić information content (AvgIpc) is 2.12. The molecule has 0 saturated carbocycles. The molecule has 0 radical (unpaired) electrons. The Morgan fingerprint density at radius 3 is 2.43 bits per heavy atom. The Kier molecular flexibility index (Phi) is 8.43. The SMILES string of the molecule is CCCS(=O)CCCN(CC)C(C)N. The van der Waals surface area contributed by atoms with Crippen molar-refractivity contribution in [3.8, 4) is 0 Å². The first-order valence-electron chi connectivity index (χ1n) is 5.46. The number of nitrogens with two attached hydrogens (primary N) is 1. The molecule has 0 fully saturated rings. The van der Waals surface area contributed by atoms with E-state index in [0.29, 0.717) is 0 Å². The fraction of sp³-hybridized carbons (Fsp3) is 1.00. The van der Waals surface area contributed by atoms with Gasteiger partial charge in [-0.15, -0.1) is 0 Å². The minimum atomic E-state index is -0.619. The van der Waals surface area contributed by atoms with E-state index in [9.17, 15) is 4.21 Å². The zero-order chi connectivity index (χ0) is 11.0. The summed E-state index contributed by atoms with van der Waals surface area (Å²) in [6.07, 6.45) is 2.11. The molecule has 0 aromatic heterocycles. The summed E-state index contributed by atoms with van der Waals surface area (Å²) in [5, 5.41) is 0. The third-order valence-electron chi connectivity index (χ3n) is 2.23. The Morgan fingerprint density at radius 2 is 2.00 bits per heavy atom. The van der Waals surface area contributed by atoms with E-state index in [4.69, 9.17) is 5.73 Å². The quantitative estimate of drug-likeness (QED) is 0.624. The highest BCUT2D eigenvalue weighted by Crippen LogP contribution is 1.97. The summed E-state index contributed by atoms with van der Waals surface area (Å²) in [4.78, 5) is 2.20. The van der Waals surface area contributed by atoms with Gasteiger partial charge in [0.2, 0.25) is 0 Å². The highest BCUT2D eigenvalue weighted by Gasteiger charge is 2.07. The normalized spacial score (nSPS) is 15.8. The molecule has 0 heterocycles. The Hall–Kier alpha value is 0.0700. The molecule has 0 aliphatic heterocycles. The van der Waals surface area contributed by atoms with Gasteiger partial charge in [0.25, 0.3) is 0 Å². The predicted octanol–water partition coefficient (Wildman–Crippen LogP) is 1.16. The maximum Gasteiger partial charge on any atom is 0.0542 e. The van der Waals surface area contributed by atoms with E-state index in [1.807, 2.05) is 6.92 Å². The van der Waals surface area contributed by atoms with Crippen molar-refractivity contribution in [1.82, 2.24) is 4.90 Å². The molecule has 14 heavy (non-hydrogen) atoms. The van der Waals surface area contributed by atoms with Crippen molar-refractivity contribution in [2.24, 2.45) is 5.73 Å². The molecule has 2 atom stereocenters. The molecule has 0 amide bonds. The molecule has 0 aromatic rings. The van der Waals surface area contributed by atoms with Gasteiger partial charge in [0.05, 0.1) is 6.17 Å². The van der Waals surface area contributed by atoms with Gasteiger partial charge in [0.1, 0.15) is 0 Å². The predicted molar refractivity (Wildman–Crippen MR) is 63.7 cm³/mol. The van der Waals surface area contributed by atoms with Crippen molar-refractivity contribution in [1.29, 1.82) is 0 Å². The summed E-state index contributed by atoms with van der Waals surface area (Å²) in [5.74, 6) is 1.65. The minimum Gasteiger partial charge on any atom is -0.316 e. The van der Waals surface area contributed by atoms with Crippen molar-refractivity contribution in [3.05, 3.63) is 0 Å². The highest BCUT2D eigenvalue weighted by molar-refractivity contribution is 7.84. The van der Waals surface area contributed by atoms with Crippen LogP contribution < -0.4 is 5.73 Å². The van der Waals surface area contributed by atoms with E-state index < -0.39 is 10.8 Å². The number of hydrogen-bond donors (Lipinski definition) is 1. The van der Waals surface area contributed by atoms with Crippen LogP contribution in [0.3, 0.4) is 0 Å². The second-order valence-corrected chi connectivity index (χ2v) is 5.27. The van der Waals surface area contributed by atoms with Crippen LogP contribution in [0, 0.1) is 0 Å². The van der Waals surface area contributed by atoms with Gasteiger partial charge in [0, 0.05) is 28.9 Å². The molecule has 2 unspecified atom stereocenters. The lowest BCUT2D eigenvalue weighted by molar-refractivity contribution is 0.225. The number of rotatable bonds is 8. The van der Waals surface area contributed by atoms with Crippen molar-refractivity contribution < 1.29 is 4.21 Å². The smallest absolute Gasteiger partial charge is 0.0542 e. The van der Waals surface area contributed by atoms with E-state index in [2.05, 4.69) is 18.7 Å². The van der Waals surface area contributed by atoms with Crippen molar-refractivity contribution in [2.75, 3.05) is 24.6 Å². The molecule has 0 bridgehead atoms. The summed E-state index contributed by atoms with van der Waals surface area (Å²) in [6.45, 7) is 8.10. The summed E-state index contributed by atoms with van der Waals surface area (Å²) >= 11 is 0. The van der Waals surface area contributed by atoms with E-state index in [1.54, 1.807) is 0 Å². The maximum absolute atomic E-state index is 11.3. The van der Waals surface area contributed by atoms with Crippen molar-refractivity contribution in [2.45, 2.75) is 39.8 Å². The topological polar surface area (TPSA) is 46.3 Å². The van der Waals surface area contributed by atoms with E-state index in [0.717, 1.165) is 37.4 Å². The van der Waals surface area contributed by atoms with Crippen molar-refractivity contribution in [3.63, 3.8) is 0 Å². The summed E-state index contributed by atoms with van der Waals surface area (Å²) in [5.41, 5.74) is 5.77. The first-order valence-corrected chi connectivity index (χ1v) is 6.95. The first kappa shape index (κ1) is 14.1. The second kappa shape index (κ2) is 8.38. The van der Waals surface area contributed by atoms with Crippen LogP contribution in [0.15, 0.2) is 0 Å². The molecule has 0 saturated heterocycles. The van der Waals surface area contributed by atoms with Crippen LogP contribution in [0.5, 0.6) is 0 Å². The van der Waals surface area contributed by atoms with E-state index in [1.165, 1.54) is 0 Å². The van der Waals surface area contributed by atoms with E-state index >= 15 is 0 Å². The van der Waals surface area contributed by atoms with Crippen LogP contribution >= 0.6 is 0 Å². The van der Waals surface area contributed by atoms with Crippen LogP contribution in [0.2, 0.25) is 0 Å². The Bertz CT molecular complexity index is 162. The molecular weight excluding hydrogens is 196 g/mol. The third kappa shape index (κ3) is 6.51. The van der Waals surface area contributed by atoms with Crippen LogP contribution in [0.4, 0.5) is 0 Å². The second-order valence-electron chi connectivity index (χ2n) is 3.57. The summed E-state index contributed by atoms with van der Waals surface area (Å²) < 4.78 is 11.3. The van der Waals surface area contributed by atoms with Gasteiger partial charge in [-0.25, -0.2) is 0 Å². The molecule has 0 spiro atoms. The van der Waals surface area contributed by atoms with Gasteiger partial charge >= 0.3 is 0 Å². The zero-order valence-electron chi connectivity index (χ0n) is 9.66. The van der Waals surface area contributed by atoms with Gasteiger partial charge in [-0.2, -0.15) is 0 Å². The Morgan fingerprint density at radius 1 is 1.36 bits per heavy atom. The van der Waals surface area contributed by atoms with Gasteiger partial charge in [-0.3, -0.25) is 9.11 Å². The van der Waals surface area contributed by atoms with Gasteiger partial charge in [-0.1, -0.05) is 13.8 Å². The number of hydrogen-bond acceptors (Lipinski definition) is 3. The molecular formula is C10H24N2OS. The fourth-order valence-corrected chi connectivity index (χ4v) is 2.52. The lowest BCUT2D eigenvalue weighted by atomic mass is 10.4. The van der Waals surface area contributed by atoms with Gasteiger partial charge < -0.3 is 5.73 Å². The third-order valence-corrected chi connectivity index (χ3v) is 3.84. The van der Waals surface area contributed by atoms with E-state index in [-0.39, 0.29) is 6.17 Å². The Labute approximate surface area is 90.5 Å². The average molecular weight is 220 g/mol. The molecule has 0 aromatic carbocycles. The molecule has 0 aliphatic carbocycles. The van der Waals surface area contributed by atoms with Gasteiger partial charge in [0.15, 0.2) is 0 Å². The lowest BCUT2D eigenvalue weighted by Crippen LogP contribution is -2.40. The van der Waals surface area contributed by atoms with Crippen molar-refractivity contribution >= 4 is 10.8 Å². The van der Waals surface area contributed by atoms with Crippen LogP contribution in [0.1, 0.15) is 33.6 Å². The molecule has 3 nitrogen and oxygen atoms in total. The minimum absolute atomic E-state index is 0.111. The first-order chi connectivity index (χ1) is 6.61. The molecule has 0 rings (SSSR count). The largest absolute Gasteiger partial charge is 0.316 e. The Balaban J connectivity index is 3.56. The summed E-state index contributed by atoms with van der Waals surface area (Å²) in [6, 6.07) is 0. The molecule has 0 aliphatic rings. The highest BCUT2D eigenvalue weighted by atomic mass is 32.2. The molecule has 2 N–H and O–H groups in total. The van der Waals surface area contributed by atoms with Crippen LogP contribution in [-0.2, 0) is 10.8 Å². The maximum atomic E-state index is 11.3. The summed E-state index contributed by atoms with van der Waals surface area (Å²) in [7, 11) is -0.619. The molecule has 4 heteroatoms. The zero-order valence-corrected chi connectivity index (χ0v) is 10.5. The fourth-order valence-electron chi connectivity index (χ4n) is 1.41. The standard InChI is InChI=1S/C10H24N2OS/c1-4-8-14(13)9-6-7-12(5-2)10(3)11/h10H,4-9,11H2,1-3H3.